The number of terminal acetylenes is 1. The second kappa shape index (κ2) is 7.63. The summed E-state index contributed by atoms with van der Waals surface area (Å²) in [7, 11) is 0. The van der Waals surface area contributed by atoms with E-state index in [9.17, 15) is 5.11 Å². The van der Waals surface area contributed by atoms with Crippen LogP contribution in [0.1, 0.15) is 45.4 Å². The van der Waals surface area contributed by atoms with Gasteiger partial charge in [0.2, 0.25) is 0 Å². The van der Waals surface area contributed by atoms with E-state index in [0.717, 1.165) is 38.5 Å². The molecule has 0 saturated carbocycles. The molecule has 0 heterocycles. The fourth-order valence-corrected chi connectivity index (χ4v) is 1.02. The first kappa shape index (κ1) is 10.5. The van der Waals surface area contributed by atoms with Crippen LogP contribution in [0.2, 0.25) is 0 Å². The molecule has 1 atom stereocenters. The molecule has 0 aromatic rings. The minimum atomic E-state index is -0.122. The van der Waals surface area contributed by atoms with Gasteiger partial charge in [-0.25, -0.2) is 0 Å². The summed E-state index contributed by atoms with van der Waals surface area (Å²) in [6, 6.07) is 0. The van der Waals surface area contributed by atoms with Gasteiger partial charge >= 0.3 is 0 Å². The Hall–Kier alpha value is -0.480. The van der Waals surface area contributed by atoms with Gasteiger partial charge in [-0.05, 0) is 19.3 Å². The zero-order chi connectivity index (χ0) is 8.53. The molecule has 1 N–H and O–H groups in total. The van der Waals surface area contributed by atoms with Crippen molar-refractivity contribution in [3.8, 4) is 12.3 Å². The molecule has 1 nitrogen and oxygen atoms in total. The van der Waals surface area contributed by atoms with E-state index in [4.69, 9.17) is 6.42 Å². The van der Waals surface area contributed by atoms with E-state index < -0.39 is 0 Å². The Kier molecular flexibility index (Phi) is 7.29. The van der Waals surface area contributed by atoms with E-state index in [0.29, 0.717) is 0 Å². The van der Waals surface area contributed by atoms with Crippen molar-refractivity contribution in [2.75, 3.05) is 0 Å². The molecule has 0 rings (SSSR count). The Morgan fingerprint density at radius 3 is 2.55 bits per heavy atom. The van der Waals surface area contributed by atoms with E-state index in [-0.39, 0.29) is 6.10 Å². The van der Waals surface area contributed by atoms with Gasteiger partial charge in [-0.3, -0.25) is 0 Å². The first-order valence-electron chi connectivity index (χ1n) is 4.42. The molecule has 0 aliphatic heterocycles. The van der Waals surface area contributed by atoms with Crippen LogP contribution in [-0.2, 0) is 0 Å². The molecule has 0 aliphatic carbocycles. The van der Waals surface area contributed by atoms with Crippen molar-refractivity contribution in [1.82, 2.24) is 0 Å². The van der Waals surface area contributed by atoms with Crippen LogP contribution in [0, 0.1) is 12.3 Å². The van der Waals surface area contributed by atoms with Crippen molar-refractivity contribution >= 4 is 0 Å². The molecule has 0 radical (unpaired) electrons. The number of hydrogen-bond donors (Lipinski definition) is 1. The van der Waals surface area contributed by atoms with Gasteiger partial charge in [0.05, 0.1) is 6.10 Å². The number of rotatable bonds is 6. The van der Waals surface area contributed by atoms with Gasteiger partial charge in [-0.1, -0.05) is 19.8 Å². The third-order valence-electron chi connectivity index (χ3n) is 1.75. The van der Waals surface area contributed by atoms with Crippen LogP contribution in [0.5, 0.6) is 0 Å². The maximum Gasteiger partial charge on any atom is 0.0540 e. The first-order valence-corrected chi connectivity index (χ1v) is 4.42. The summed E-state index contributed by atoms with van der Waals surface area (Å²) in [5.74, 6) is 2.57. The minimum absolute atomic E-state index is 0.122. The number of hydrogen-bond acceptors (Lipinski definition) is 1. The molecule has 0 aromatic carbocycles. The summed E-state index contributed by atoms with van der Waals surface area (Å²) in [5.41, 5.74) is 0. The zero-order valence-electron chi connectivity index (χ0n) is 7.34. The Bertz CT molecular complexity index is 113. The second-order valence-corrected chi connectivity index (χ2v) is 2.89. The maximum atomic E-state index is 9.34. The van der Waals surface area contributed by atoms with Crippen LogP contribution >= 0.6 is 0 Å². The molecule has 1 heteroatoms. The van der Waals surface area contributed by atoms with Gasteiger partial charge < -0.3 is 5.11 Å². The van der Waals surface area contributed by atoms with Gasteiger partial charge in [0.25, 0.3) is 0 Å². The summed E-state index contributed by atoms with van der Waals surface area (Å²) < 4.78 is 0. The lowest BCUT2D eigenvalue weighted by Gasteiger charge is -2.07. The normalized spacial score (nSPS) is 12.5. The molecule has 1 unspecified atom stereocenters. The van der Waals surface area contributed by atoms with Crippen LogP contribution in [-0.4, -0.2) is 11.2 Å². The standard InChI is InChI=1S/C10H18O/c1-3-5-7-9-10(11)8-6-4-2/h1,10-11H,4-9H2,2H3. The van der Waals surface area contributed by atoms with E-state index in [1.54, 1.807) is 0 Å². The van der Waals surface area contributed by atoms with Crippen LogP contribution in [0.15, 0.2) is 0 Å². The maximum absolute atomic E-state index is 9.34. The highest BCUT2D eigenvalue weighted by Gasteiger charge is 2.01. The van der Waals surface area contributed by atoms with Crippen molar-refractivity contribution in [3.63, 3.8) is 0 Å². The number of unbranched alkanes of at least 4 members (excludes halogenated alkanes) is 2. The summed E-state index contributed by atoms with van der Waals surface area (Å²) in [5, 5.41) is 9.34. The SMILES string of the molecule is C#CCCCC(O)CCCC. The largest absolute Gasteiger partial charge is 0.393 e. The monoisotopic (exact) mass is 154 g/mol. The van der Waals surface area contributed by atoms with Gasteiger partial charge in [-0.2, -0.15) is 0 Å². The molecule has 11 heavy (non-hydrogen) atoms. The summed E-state index contributed by atoms with van der Waals surface area (Å²) in [4.78, 5) is 0. The molecule has 64 valence electrons. The highest BCUT2D eigenvalue weighted by Crippen LogP contribution is 2.07. The Balaban J connectivity index is 3.10. The lowest BCUT2D eigenvalue weighted by atomic mass is 10.1. The van der Waals surface area contributed by atoms with Gasteiger partial charge in [-0.15, -0.1) is 12.3 Å². The van der Waals surface area contributed by atoms with Crippen molar-refractivity contribution in [1.29, 1.82) is 0 Å². The number of aliphatic hydroxyl groups is 1. The van der Waals surface area contributed by atoms with Crippen molar-refractivity contribution in [3.05, 3.63) is 0 Å². The Morgan fingerprint density at radius 2 is 2.00 bits per heavy atom. The fourth-order valence-electron chi connectivity index (χ4n) is 1.02. The van der Waals surface area contributed by atoms with Crippen LogP contribution in [0.3, 0.4) is 0 Å². The molecule has 0 aliphatic rings. The molecule has 0 aromatic heterocycles. The van der Waals surface area contributed by atoms with Crippen molar-refractivity contribution in [2.24, 2.45) is 0 Å². The number of aliphatic hydroxyl groups excluding tert-OH is 1. The highest BCUT2D eigenvalue weighted by atomic mass is 16.3. The van der Waals surface area contributed by atoms with Crippen LogP contribution in [0.25, 0.3) is 0 Å². The highest BCUT2D eigenvalue weighted by molar-refractivity contribution is 4.83. The predicted octanol–water partition coefficient (Wildman–Crippen LogP) is 2.34. The van der Waals surface area contributed by atoms with Crippen molar-refractivity contribution < 1.29 is 5.11 Å². The van der Waals surface area contributed by atoms with Crippen molar-refractivity contribution in [2.45, 2.75) is 51.6 Å². The van der Waals surface area contributed by atoms with Crippen LogP contribution in [0.4, 0.5) is 0 Å². The molecule has 0 fully saturated rings. The molecule has 0 amide bonds. The predicted molar refractivity (Wildman–Crippen MR) is 48.2 cm³/mol. The molecule has 0 spiro atoms. The average Bonchev–Trinajstić information content (AvgIpc) is 2.01. The van der Waals surface area contributed by atoms with Gasteiger partial charge in [0.1, 0.15) is 0 Å². The third kappa shape index (κ3) is 7.42. The summed E-state index contributed by atoms with van der Waals surface area (Å²) in [6.45, 7) is 2.13. The minimum Gasteiger partial charge on any atom is -0.393 e. The average molecular weight is 154 g/mol. The third-order valence-corrected chi connectivity index (χ3v) is 1.75. The van der Waals surface area contributed by atoms with E-state index >= 15 is 0 Å². The van der Waals surface area contributed by atoms with Crippen LogP contribution < -0.4 is 0 Å². The summed E-state index contributed by atoms with van der Waals surface area (Å²) >= 11 is 0. The molecular formula is C10H18O. The second-order valence-electron chi connectivity index (χ2n) is 2.89. The topological polar surface area (TPSA) is 20.2 Å². The quantitative estimate of drug-likeness (QED) is 0.460. The Morgan fingerprint density at radius 1 is 1.36 bits per heavy atom. The molecule has 0 saturated heterocycles. The Labute approximate surface area is 69.8 Å². The summed E-state index contributed by atoms with van der Waals surface area (Å²) in [6.07, 6.45) is 10.8. The molecule has 0 bridgehead atoms. The lowest BCUT2D eigenvalue weighted by molar-refractivity contribution is 0.149. The van der Waals surface area contributed by atoms with E-state index in [1.807, 2.05) is 0 Å². The van der Waals surface area contributed by atoms with Gasteiger partial charge in [0, 0.05) is 6.42 Å². The van der Waals surface area contributed by atoms with E-state index in [2.05, 4.69) is 12.8 Å². The first-order chi connectivity index (χ1) is 5.31. The van der Waals surface area contributed by atoms with E-state index in [1.165, 1.54) is 0 Å². The lowest BCUT2D eigenvalue weighted by Crippen LogP contribution is -2.05. The molecular weight excluding hydrogens is 136 g/mol. The zero-order valence-corrected chi connectivity index (χ0v) is 7.34. The smallest absolute Gasteiger partial charge is 0.0540 e. The fraction of sp³-hybridized carbons (Fsp3) is 0.800. The van der Waals surface area contributed by atoms with Gasteiger partial charge in [0.15, 0.2) is 0 Å².